The molecule has 2 aromatic carbocycles. The minimum atomic E-state index is 0.652. The molecule has 0 saturated carbocycles. The van der Waals surface area contributed by atoms with Crippen molar-refractivity contribution in [3.05, 3.63) is 71.3 Å². The zero-order valence-electron chi connectivity index (χ0n) is 18.4. The Morgan fingerprint density at radius 1 is 0.615 bits per heavy atom. The third-order valence-electron chi connectivity index (χ3n) is 4.43. The van der Waals surface area contributed by atoms with Crippen LogP contribution in [0.25, 0.3) is 0 Å². The Balaban J connectivity index is 0.000000484. The van der Waals surface area contributed by atoms with Gasteiger partial charge in [0.05, 0.1) is 0 Å². The standard InChI is InChI=1S/C15H24.C9H12.C2H6/c1-4-5-6-7-8-14-9-11-15(12-10-14)13(2)3;1-8(2)9-6-4-3-5-7-9;1-2/h9-13H,4-8H2,1-3H3;3-8H,1-2H3;1-2H3. The van der Waals surface area contributed by atoms with Crippen LogP contribution >= 0.6 is 0 Å². The summed E-state index contributed by atoms with van der Waals surface area (Å²) in [7, 11) is 0. The number of hydrogen-bond donors (Lipinski definition) is 0. The first-order valence-electron chi connectivity index (χ1n) is 10.7. The molecule has 0 N–H and O–H groups in total. The Kier molecular flexibility index (Phi) is 14.7. The first-order chi connectivity index (χ1) is 12.5. The maximum Gasteiger partial charge on any atom is -0.0219 e. The fourth-order valence-corrected chi connectivity index (χ4v) is 2.66. The van der Waals surface area contributed by atoms with E-state index in [1.54, 1.807) is 0 Å². The summed E-state index contributed by atoms with van der Waals surface area (Å²) in [5.41, 5.74) is 4.36. The van der Waals surface area contributed by atoms with Crippen LogP contribution in [0.15, 0.2) is 54.6 Å². The van der Waals surface area contributed by atoms with Gasteiger partial charge >= 0.3 is 0 Å². The van der Waals surface area contributed by atoms with E-state index in [0.29, 0.717) is 11.8 Å². The Labute approximate surface area is 164 Å². The Bertz CT molecular complexity index is 520. The molecule has 2 rings (SSSR count). The van der Waals surface area contributed by atoms with Crippen molar-refractivity contribution in [3.63, 3.8) is 0 Å². The molecule has 26 heavy (non-hydrogen) atoms. The molecule has 0 aliphatic carbocycles. The fraction of sp³-hybridized carbons (Fsp3) is 0.538. The van der Waals surface area contributed by atoms with Crippen molar-refractivity contribution >= 4 is 0 Å². The third kappa shape index (κ3) is 11.1. The van der Waals surface area contributed by atoms with E-state index in [0.717, 1.165) is 0 Å². The molecule has 0 radical (unpaired) electrons. The highest BCUT2D eigenvalue weighted by molar-refractivity contribution is 5.24. The molecular weight excluding hydrogens is 312 g/mol. The van der Waals surface area contributed by atoms with Crippen molar-refractivity contribution in [1.29, 1.82) is 0 Å². The van der Waals surface area contributed by atoms with Crippen molar-refractivity contribution in [2.45, 2.75) is 92.4 Å². The van der Waals surface area contributed by atoms with Crippen molar-refractivity contribution in [1.82, 2.24) is 0 Å². The number of hydrogen-bond acceptors (Lipinski definition) is 0. The summed E-state index contributed by atoms with van der Waals surface area (Å²) < 4.78 is 0. The predicted molar refractivity (Wildman–Crippen MR) is 120 cm³/mol. The number of benzene rings is 2. The largest absolute Gasteiger partial charge is 0.0683 e. The van der Waals surface area contributed by atoms with Crippen LogP contribution in [-0.4, -0.2) is 0 Å². The van der Waals surface area contributed by atoms with Gasteiger partial charge in [0.15, 0.2) is 0 Å². The third-order valence-corrected chi connectivity index (χ3v) is 4.43. The van der Waals surface area contributed by atoms with E-state index in [1.165, 1.54) is 48.8 Å². The first-order valence-corrected chi connectivity index (χ1v) is 10.7. The fourth-order valence-electron chi connectivity index (χ4n) is 2.66. The lowest BCUT2D eigenvalue weighted by atomic mass is 9.99. The summed E-state index contributed by atoms with van der Waals surface area (Å²) in [4.78, 5) is 0. The Hall–Kier alpha value is -1.56. The van der Waals surface area contributed by atoms with Crippen LogP contribution in [-0.2, 0) is 6.42 Å². The molecule has 0 heterocycles. The lowest BCUT2D eigenvalue weighted by Gasteiger charge is -2.06. The zero-order chi connectivity index (χ0) is 19.8. The molecule has 0 saturated heterocycles. The van der Waals surface area contributed by atoms with Gasteiger partial charge in [0.2, 0.25) is 0 Å². The van der Waals surface area contributed by atoms with Gasteiger partial charge in [-0.1, -0.05) is 122 Å². The van der Waals surface area contributed by atoms with Crippen LogP contribution in [0.4, 0.5) is 0 Å². The molecule has 0 aliphatic heterocycles. The lowest BCUT2D eigenvalue weighted by molar-refractivity contribution is 0.666. The van der Waals surface area contributed by atoms with E-state index in [1.807, 2.05) is 19.9 Å². The summed E-state index contributed by atoms with van der Waals surface area (Å²) in [6.07, 6.45) is 6.67. The van der Waals surface area contributed by atoms with Crippen molar-refractivity contribution in [2.75, 3.05) is 0 Å². The van der Waals surface area contributed by atoms with E-state index < -0.39 is 0 Å². The van der Waals surface area contributed by atoms with E-state index in [-0.39, 0.29) is 0 Å². The highest BCUT2D eigenvalue weighted by atomic mass is 14.0. The van der Waals surface area contributed by atoms with E-state index in [9.17, 15) is 0 Å². The van der Waals surface area contributed by atoms with E-state index in [2.05, 4.69) is 83.1 Å². The molecule has 0 unspecified atom stereocenters. The minimum absolute atomic E-state index is 0.652. The summed E-state index contributed by atoms with van der Waals surface area (Å²) in [6, 6.07) is 19.7. The molecule has 0 bridgehead atoms. The average molecular weight is 355 g/mol. The van der Waals surface area contributed by atoms with Gasteiger partial charge in [0, 0.05) is 0 Å². The zero-order valence-corrected chi connectivity index (χ0v) is 18.4. The molecular formula is C26H42. The Morgan fingerprint density at radius 3 is 1.54 bits per heavy atom. The van der Waals surface area contributed by atoms with Crippen molar-refractivity contribution < 1.29 is 0 Å². The smallest absolute Gasteiger partial charge is 0.0219 e. The molecule has 0 nitrogen and oxygen atoms in total. The topological polar surface area (TPSA) is 0 Å². The highest BCUT2D eigenvalue weighted by Gasteiger charge is 1.98. The minimum Gasteiger partial charge on any atom is -0.0683 e. The maximum atomic E-state index is 2.29. The van der Waals surface area contributed by atoms with Crippen LogP contribution < -0.4 is 0 Å². The van der Waals surface area contributed by atoms with E-state index >= 15 is 0 Å². The first kappa shape index (κ1) is 24.4. The van der Waals surface area contributed by atoms with Crippen LogP contribution in [0, 0.1) is 0 Å². The van der Waals surface area contributed by atoms with Gasteiger partial charge in [-0.05, 0) is 41.4 Å². The van der Waals surface area contributed by atoms with Gasteiger partial charge in [0.1, 0.15) is 0 Å². The predicted octanol–water partition coefficient (Wildman–Crippen LogP) is 8.77. The molecule has 0 fully saturated rings. The quantitative estimate of drug-likeness (QED) is 0.436. The molecule has 0 spiro atoms. The molecule has 146 valence electrons. The molecule has 0 aliphatic rings. The van der Waals surface area contributed by atoms with Crippen LogP contribution in [0.1, 0.15) is 103 Å². The summed E-state index contributed by atoms with van der Waals surface area (Å²) in [5, 5.41) is 0. The molecule has 0 atom stereocenters. The molecule has 0 aromatic heterocycles. The number of aryl methyl sites for hydroxylation is 1. The summed E-state index contributed by atoms with van der Waals surface area (Å²) in [5.74, 6) is 1.31. The molecule has 0 amide bonds. The van der Waals surface area contributed by atoms with Gasteiger partial charge in [-0.2, -0.15) is 0 Å². The van der Waals surface area contributed by atoms with Crippen LogP contribution in [0.2, 0.25) is 0 Å². The average Bonchev–Trinajstić information content (AvgIpc) is 2.68. The van der Waals surface area contributed by atoms with E-state index in [4.69, 9.17) is 0 Å². The monoisotopic (exact) mass is 354 g/mol. The molecule has 2 aromatic rings. The van der Waals surface area contributed by atoms with Gasteiger partial charge in [0.25, 0.3) is 0 Å². The second-order valence-corrected chi connectivity index (χ2v) is 7.27. The molecule has 0 heteroatoms. The van der Waals surface area contributed by atoms with Gasteiger partial charge in [-0.25, -0.2) is 0 Å². The van der Waals surface area contributed by atoms with Crippen LogP contribution in [0.3, 0.4) is 0 Å². The second kappa shape index (κ2) is 15.7. The number of unbranched alkanes of at least 4 members (excludes halogenated alkanes) is 3. The number of rotatable bonds is 7. The lowest BCUT2D eigenvalue weighted by Crippen LogP contribution is -1.89. The van der Waals surface area contributed by atoms with Gasteiger partial charge in [-0.15, -0.1) is 0 Å². The van der Waals surface area contributed by atoms with Crippen molar-refractivity contribution in [2.24, 2.45) is 0 Å². The highest BCUT2D eigenvalue weighted by Crippen LogP contribution is 2.16. The van der Waals surface area contributed by atoms with Crippen LogP contribution in [0.5, 0.6) is 0 Å². The van der Waals surface area contributed by atoms with Gasteiger partial charge in [-0.3, -0.25) is 0 Å². The van der Waals surface area contributed by atoms with Crippen molar-refractivity contribution in [3.8, 4) is 0 Å². The normalized spacial score (nSPS) is 10.0. The summed E-state index contributed by atoms with van der Waals surface area (Å²) >= 11 is 0. The summed E-state index contributed by atoms with van der Waals surface area (Å²) in [6.45, 7) is 15.2. The Morgan fingerprint density at radius 2 is 1.12 bits per heavy atom. The maximum absolute atomic E-state index is 2.29. The second-order valence-electron chi connectivity index (χ2n) is 7.27. The van der Waals surface area contributed by atoms with Gasteiger partial charge < -0.3 is 0 Å². The SMILES string of the molecule is CC.CC(C)c1ccccc1.CCCCCCc1ccc(C(C)C)cc1.